The standard InChI is InChI=1S/C26H32ClN3O2/c27-23-13-11-22(12-14-23)26(32)30(24-9-5-2-6-10-24)20-25(31)29-17-15-28(16-18-29)19-21-7-3-1-4-8-21/h2,5-6,9-14,21H,1,3-4,7-8,15-20H2. The lowest BCUT2D eigenvalue weighted by atomic mass is 9.89. The fourth-order valence-corrected chi connectivity index (χ4v) is 4.91. The lowest BCUT2D eigenvalue weighted by Gasteiger charge is -2.38. The number of benzene rings is 2. The Bertz CT molecular complexity index is 889. The molecule has 0 bridgehead atoms. The summed E-state index contributed by atoms with van der Waals surface area (Å²) in [5.41, 5.74) is 1.24. The first kappa shape index (κ1) is 22.8. The number of halogens is 1. The Balaban J connectivity index is 1.38. The van der Waals surface area contributed by atoms with Crippen LogP contribution >= 0.6 is 11.6 Å². The molecule has 1 heterocycles. The van der Waals surface area contributed by atoms with Gasteiger partial charge in [0.15, 0.2) is 0 Å². The molecule has 0 spiro atoms. The molecule has 170 valence electrons. The zero-order valence-electron chi connectivity index (χ0n) is 18.6. The lowest BCUT2D eigenvalue weighted by Crippen LogP contribution is -2.52. The van der Waals surface area contributed by atoms with E-state index >= 15 is 0 Å². The molecule has 1 saturated heterocycles. The second-order valence-electron chi connectivity index (χ2n) is 8.92. The number of carbonyl (C=O) groups is 2. The van der Waals surface area contributed by atoms with Crippen LogP contribution in [0.5, 0.6) is 0 Å². The number of piperazine rings is 1. The fourth-order valence-electron chi connectivity index (χ4n) is 4.79. The van der Waals surface area contributed by atoms with E-state index in [9.17, 15) is 9.59 Å². The quantitative estimate of drug-likeness (QED) is 0.636. The van der Waals surface area contributed by atoms with Gasteiger partial charge in [-0.15, -0.1) is 0 Å². The molecule has 1 saturated carbocycles. The molecule has 6 heteroatoms. The average molecular weight is 454 g/mol. The van der Waals surface area contributed by atoms with Gasteiger partial charge in [-0.05, 0) is 55.2 Å². The van der Waals surface area contributed by atoms with Gasteiger partial charge in [0.1, 0.15) is 6.54 Å². The maximum atomic E-state index is 13.3. The first-order chi connectivity index (χ1) is 15.6. The van der Waals surface area contributed by atoms with E-state index in [1.54, 1.807) is 29.2 Å². The van der Waals surface area contributed by atoms with Crippen LogP contribution in [0.3, 0.4) is 0 Å². The number of hydrogen-bond acceptors (Lipinski definition) is 3. The van der Waals surface area contributed by atoms with Crippen LogP contribution in [0.1, 0.15) is 42.5 Å². The van der Waals surface area contributed by atoms with E-state index in [2.05, 4.69) is 4.90 Å². The van der Waals surface area contributed by atoms with Crippen molar-refractivity contribution in [3.63, 3.8) is 0 Å². The largest absolute Gasteiger partial charge is 0.339 e. The molecule has 0 unspecified atom stereocenters. The van der Waals surface area contributed by atoms with Crippen molar-refractivity contribution in [1.82, 2.24) is 9.80 Å². The first-order valence-corrected chi connectivity index (χ1v) is 12.1. The van der Waals surface area contributed by atoms with Gasteiger partial charge >= 0.3 is 0 Å². The molecule has 2 aromatic carbocycles. The third-order valence-corrected chi connectivity index (χ3v) is 6.92. The van der Waals surface area contributed by atoms with Crippen molar-refractivity contribution in [3.8, 4) is 0 Å². The van der Waals surface area contributed by atoms with E-state index in [-0.39, 0.29) is 18.4 Å². The summed E-state index contributed by atoms with van der Waals surface area (Å²) in [5.74, 6) is 0.613. The maximum Gasteiger partial charge on any atom is 0.258 e. The smallest absolute Gasteiger partial charge is 0.258 e. The molecule has 2 aromatic rings. The van der Waals surface area contributed by atoms with Crippen LogP contribution in [0, 0.1) is 5.92 Å². The molecule has 0 N–H and O–H groups in total. The van der Waals surface area contributed by atoms with Crippen LogP contribution in [-0.2, 0) is 4.79 Å². The molecule has 0 aromatic heterocycles. The molecule has 2 aliphatic rings. The summed E-state index contributed by atoms with van der Waals surface area (Å²) in [5, 5.41) is 0.579. The molecule has 0 radical (unpaired) electrons. The number of hydrogen-bond donors (Lipinski definition) is 0. The maximum absolute atomic E-state index is 13.3. The molecule has 2 amide bonds. The number of para-hydroxylation sites is 1. The minimum atomic E-state index is -0.197. The number of anilines is 1. The zero-order valence-corrected chi connectivity index (χ0v) is 19.3. The Kier molecular flexibility index (Phi) is 7.82. The first-order valence-electron chi connectivity index (χ1n) is 11.7. The van der Waals surface area contributed by atoms with E-state index in [1.807, 2.05) is 35.2 Å². The van der Waals surface area contributed by atoms with Gasteiger partial charge in [-0.3, -0.25) is 19.4 Å². The van der Waals surface area contributed by atoms with E-state index in [4.69, 9.17) is 11.6 Å². The number of rotatable bonds is 6. The van der Waals surface area contributed by atoms with Gasteiger partial charge in [0.25, 0.3) is 5.91 Å². The molecule has 1 aliphatic carbocycles. The van der Waals surface area contributed by atoms with E-state index in [1.165, 1.54) is 32.1 Å². The number of carbonyl (C=O) groups excluding carboxylic acids is 2. The molecule has 1 aliphatic heterocycles. The fraction of sp³-hybridized carbons (Fsp3) is 0.462. The van der Waals surface area contributed by atoms with Gasteiger partial charge in [-0.2, -0.15) is 0 Å². The summed E-state index contributed by atoms with van der Waals surface area (Å²) < 4.78 is 0. The second kappa shape index (κ2) is 11.0. The Morgan fingerprint density at radius 1 is 0.875 bits per heavy atom. The van der Waals surface area contributed by atoms with Crippen LogP contribution in [0.25, 0.3) is 0 Å². The summed E-state index contributed by atoms with van der Waals surface area (Å²) in [6, 6.07) is 16.2. The zero-order chi connectivity index (χ0) is 22.3. The monoisotopic (exact) mass is 453 g/mol. The topological polar surface area (TPSA) is 43.9 Å². The predicted octanol–water partition coefficient (Wildman–Crippen LogP) is 4.71. The van der Waals surface area contributed by atoms with Crippen LogP contribution in [0.4, 0.5) is 5.69 Å². The number of amides is 2. The molecule has 32 heavy (non-hydrogen) atoms. The van der Waals surface area contributed by atoms with Gasteiger partial charge in [0.05, 0.1) is 0 Å². The van der Waals surface area contributed by atoms with Crippen molar-refractivity contribution in [1.29, 1.82) is 0 Å². The SMILES string of the molecule is O=C(CN(C(=O)c1ccc(Cl)cc1)c1ccccc1)N1CCN(CC2CCCCC2)CC1. The van der Waals surface area contributed by atoms with Crippen molar-refractivity contribution in [2.75, 3.05) is 44.2 Å². The molecular formula is C26H32ClN3O2. The highest BCUT2D eigenvalue weighted by molar-refractivity contribution is 6.30. The van der Waals surface area contributed by atoms with E-state index < -0.39 is 0 Å². The summed E-state index contributed by atoms with van der Waals surface area (Å²) in [4.78, 5) is 32.4. The van der Waals surface area contributed by atoms with Crippen molar-refractivity contribution in [2.24, 2.45) is 5.92 Å². The Labute approximate surface area is 195 Å². The summed E-state index contributed by atoms with van der Waals surface area (Å²) >= 11 is 5.98. The average Bonchev–Trinajstić information content (AvgIpc) is 2.84. The minimum Gasteiger partial charge on any atom is -0.339 e. The normalized spacial score (nSPS) is 17.8. The number of nitrogens with zero attached hydrogens (tertiary/aromatic N) is 3. The highest BCUT2D eigenvalue weighted by Crippen LogP contribution is 2.25. The highest BCUT2D eigenvalue weighted by atomic mass is 35.5. The molecule has 2 fully saturated rings. The third kappa shape index (κ3) is 5.90. The second-order valence-corrected chi connectivity index (χ2v) is 9.36. The summed E-state index contributed by atoms with van der Waals surface area (Å²) in [7, 11) is 0. The molecule has 4 rings (SSSR count). The predicted molar refractivity (Wildman–Crippen MR) is 129 cm³/mol. The van der Waals surface area contributed by atoms with Crippen molar-refractivity contribution in [2.45, 2.75) is 32.1 Å². The lowest BCUT2D eigenvalue weighted by molar-refractivity contribution is -0.131. The van der Waals surface area contributed by atoms with Crippen molar-refractivity contribution in [3.05, 3.63) is 65.2 Å². The van der Waals surface area contributed by atoms with Gasteiger partial charge in [0, 0.05) is 49.0 Å². The third-order valence-electron chi connectivity index (χ3n) is 6.66. The molecular weight excluding hydrogens is 422 g/mol. The molecule has 5 nitrogen and oxygen atoms in total. The van der Waals surface area contributed by atoms with Crippen LogP contribution in [0.2, 0.25) is 5.02 Å². The van der Waals surface area contributed by atoms with Crippen LogP contribution in [0.15, 0.2) is 54.6 Å². The highest BCUT2D eigenvalue weighted by Gasteiger charge is 2.27. The summed E-state index contributed by atoms with van der Waals surface area (Å²) in [6.45, 7) is 4.48. The van der Waals surface area contributed by atoms with E-state index in [0.29, 0.717) is 10.6 Å². The van der Waals surface area contributed by atoms with Gasteiger partial charge in [-0.1, -0.05) is 49.1 Å². The van der Waals surface area contributed by atoms with Gasteiger partial charge in [0.2, 0.25) is 5.91 Å². The van der Waals surface area contributed by atoms with Gasteiger partial charge < -0.3 is 4.90 Å². The Morgan fingerprint density at radius 3 is 2.19 bits per heavy atom. The molecule has 0 atom stereocenters. The Morgan fingerprint density at radius 2 is 1.53 bits per heavy atom. The minimum absolute atomic E-state index is 0.00603. The van der Waals surface area contributed by atoms with Gasteiger partial charge in [-0.25, -0.2) is 0 Å². The van der Waals surface area contributed by atoms with Crippen LogP contribution in [-0.4, -0.2) is 60.9 Å². The van der Waals surface area contributed by atoms with E-state index in [0.717, 1.165) is 44.3 Å². The summed E-state index contributed by atoms with van der Waals surface area (Å²) in [6.07, 6.45) is 6.79. The van der Waals surface area contributed by atoms with Crippen molar-refractivity contribution >= 4 is 29.1 Å². The van der Waals surface area contributed by atoms with Crippen molar-refractivity contribution < 1.29 is 9.59 Å². The van der Waals surface area contributed by atoms with Crippen LogP contribution < -0.4 is 4.90 Å². The Hall–Kier alpha value is -2.37.